The van der Waals surface area contributed by atoms with Crippen LogP contribution in [0.15, 0.2) is 71.6 Å². The van der Waals surface area contributed by atoms with Gasteiger partial charge in [-0.05, 0) is 36.4 Å². The van der Waals surface area contributed by atoms with Crippen LogP contribution in [-0.4, -0.2) is 14.4 Å². The highest BCUT2D eigenvalue weighted by atomic mass is 35.5. The van der Waals surface area contributed by atoms with E-state index in [0.717, 1.165) is 12.1 Å². The first-order chi connectivity index (χ1) is 14.9. The number of hydrogen-bond donors (Lipinski definition) is 2. The number of halogens is 5. The van der Waals surface area contributed by atoms with Gasteiger partial charge in [-0.1, -0.05) is 53.5 Å². The molecule has 12 heteroatoms. The Kier molecular flexibility index (Phi) is 6.59. The van der Waals surface area contributed by atoms with E-state index in [1.165, 1.54) is 42.5 Å². The van der Waals surface area contributed by atoms with E-state index in [4.69, 9.17) is 28.9 Å². The Morgan fingerprint density at radius 2 is 1.50 bits per heavy atom. The predicted molar refractivity (Wildman–Crippen MR) is 117 cm³/mol. The lowest BCUT2D eigenvalue weighted by atomic mass is 10.1. The molecule has 6 nitrogen and oxygen atoms in total. The Hall–Kier alpha value is -2.95. The van der Waals surface area contributed by atoms with Crippen molar-refractivity contribution in [1.82, 2.24) is 0 Å². The summed E-state index contributed by atoms with van der Waals surface area (Å²) in [6, 6.07) is 12.4. The summed E-state index contributed by atoms with van der Waals surface area (Å²) in [7, 11) is -4.47. The third-order valence-corrected chi connectivity index (χ3v) is 6.45. The van der Waals surface area contributed by atoms with Crippen molar-refractivity contribution in [3.63, 3.8) is 0 Å². The molecule has 0 saturated heterocycles. The summed E-state index contributed by atoms with van der Waals surface area (Å²) in [6.07, 6.45) is -4.97. The Labute approximate surface area is 191 Å². The number of nitrogens with two attached hydrogens (primary N) is 1. The number of urea groups is 1. The van der Waals surface area contributed by atoms with E-state index in [1.807, 2.05) is 4.72 Å². The second-order valence-corrected chi connectivity index (χ2v) is 8.83. The standard InChI is InChI=1S/C20H14Cl2F3N3O3S/c21-14-9-5-10-15(17(14)22)28(19(26)29)16-11-4-8-13(20(23,24)25)18(16)27-32(30,31)12-6-2-1-3-7-12/h1-11,27H,(H2,26,29). The molecule has 3 rings (SSSR count). The minimum absolute atomic E-state index is 0.00816. The van der Waals surface area contributed by atoms with Gasteiger partial charge in [0.25, 0.3) is 10.0 Å². The molecular formula is C20H14Cl2F3N3O3S. The summed E-state index contributed by atoms with van der Waals surface area (Å²) in [5, 5.41) is -0.156. The summed E-state index contributed by atoms with van der Waals surface area (Å²) in [6.45, 7) is 0. The van der Waals surface area contributed by atoms with Crippen molar-refractivity contribution < 1.29 is 26.4 Å². The molecule has 0 aliphatic carbocycles. The summed E-state index contributed by atoms with van der Waals surface area (Å²) in [4.78, 5) is 12.7. The van der Waals surface area contributed by atoms with Gasteiger partial charge in [0.1, 0.15) is 0 Å². The van der Waals surface area contributed by atoms with E-state index in [0.29, 0.717) is 11.0 Å². The van der Waals surface area contributed by atoms with Gasteiger partial charge in [-0.25, -0.2) is 13.2 Å². The number of para-hydroxylation sites is 1. The average Bonchev–Trinajstić information content (AvgIpc) is 2.72. The lowest BCUT2D eigenvalue weighted by Gasteiger charge is -2.27. The first-order valence-electron chi connectivity index (χ1n) is 8.75. The minimum Gasteiger partial charge on any atom is -0.351 e. The Balaban J connectivity index is 2.29. The second kappa shape index (κ2) is 8.89. The zero-order chi connectivity index (χ0) is 23.7. The number of nitrogens with zero attached hydrogens (tertiary/aromatic N) is 1. The number of rotatable bonds is 5. The van der Waals surface area contributed by atoms with Crippen LogP contribution in [0.5, 0.6) is 0 Å². The van der Waals surface area contributed by atoms with E-state index in [-0.39, 0.29) is 20.6 Å². The third kappa shape index (κ3) is 4.77. The number of primary amides is 1. The molecule has 0 spiro atoms. The molecule has 168 valence electrons. The van der Waals surface area contributed by atoms with Gasteiger partial charge >= 0.3 is 12.2 Å². The van der Waals surface area contributed by atoms with Crippen molar-refractivity contribution in [3.05, 3.63) is 82.3 Å². The van der Waals surface area contributed by atoms with Gasteiger partial charge in [-0.2, -0.15) is 13.2 Å². The van der Waals surface area contributed by atoms with Gasteiger partial charge in [0.05, 0.1) is 37.6 Å². The number of carbonyl (C=O) groups is 1. The number of carbonyl (C=O) groups excluding carboxylic acids is 1. The number of nitrogens with one attached hydrogen (secondary N) is 1. The summed E-state index contributed by atoms with van der Waals surface area (Å²) in [5.74, 6) is 0. The summed E-state index contributed by atoms with van der Waals surface area (Å²) in [5.41, 5.74) is 2.59. The van der Waals surface area contributed by atoms with Crippen LogP contribution in [0.4, 0.5) is 35.0 Å². The molecule has 0 saturated carbocycles. The first-order valence-corrected chi connectivity index (χ1v) is 11.0. The van der Waals surface area contributed by atoms with Crippen molar-refractivity contribution in [2.45, 2.75) is 11.1 Å². The number of benzene rings is 3. The lowest BCUT2D eigenvalue weighted by molar-refractivity contribution is -0.136. The SMILES string of the molecule is NC(=O)N(c1cccc(Cl)c1Cl)c1cccc(C(F)(F)F)c1NS(=O)(=O)c1ccccc1. The molecule has 0 aliphatic heterocycles. The average molecular weight is 504 g/mol. The summed E-state index contributed by atoms with van der Waals surface area (Å²) >= 11 is 12.1. The van der Waals surface area contributed by atoms with Gasteiger partial charge in [0.2, 0.25) is 0 Å². The monoisotopic (exact) mass is 503 g/mol. The Morgan fingerprint density at radius 3 is 2.09 bits per heavy atom. The molecule has 3 aromatic carbocycles. The van der Waals surface area contributed by atoms with Crippen LogP contribution in [-0.2, 0) is 16.2 Å². The van der Waals surface area contributed by atoms with Crippen LogP contribution in [0, 0.1) is 0 Å². The maximum atomic E-state index is 13.8. The molecule has 0 atom stereocenters. The fourth-order valence-electron chi connectivity index (χ4n) is 2.90. The highest BCUT2D eigenvalue weighted by Gasteiger charge is 2.37. The van der Waals surface area contributed by atoms with Crippen LogP contribution in [0.3, 0.4) is 0 Å². The molecule has 32 heavy (non-hydrogen) atoms. The normalized spacial score (nSPS) is 11.8. The smallest absolute Gasteiger partial charge is 0.351 e. The lowest BCUT2D eigenvalue weighted by Crippen LogP contribution is -2.33. The molecule has 0 unspecified atom stereocenters. The van der Waals surface area contributed by atoms with Crippen LogP contribution in [0.25, 0.3) is 0 Å². The fourth-order valence-corrected chi connectivity index (χ4v) is 4.39. The Bertz CT molecular complexity index is 1270. The van der Waals surface area contributed by atoms with Crippen molar-refractivity contribution in [2.24, 2.45) is 5.73 Å². The molecule has 0 bridgehead atoms. The molecule has 0 fully saturated rings. The molecule has 0 aromatic heterocycles. The van der Waals surface area contributed by atoms with E-state index in [2.05, 4.69) is 0 Å². The van der Waals surface area contributed by atoms with Crippen LogP contribution in [0.2, 0.25) is 10.0 Å². The van der Waals surface area contributed by atoms with Gasteiger partial charge in [0.15, 0.2) is 0 Å². The number of alkyl halides is 3. The molecule has 3 N–H and O–H groups in total. The van der Waals surface area contributed by atoms with Crippen molar-refractivity contribution in [1.29, 1.82) is 0 Å². The van der Waals surface area contributed by atoms with Crippen LogP contribution < -0.4 is 15.4 Å². The van der Waals surface area contributed by atoms with Crippen molar-refractivity contribution in [3.8, 4) is 0 Å². The van der Waals surface area contributed by atoms with E-state index in [1.54, 1.807) is 6.07 Å². The number of amides is 2. The van der Waals surface area contributed by atoms with Gasteiger partial charge in [0, 0.05) is 0 Å². The molecule has 0 heterocycles. The highest BCUT2D eigenvalue weighted by Crippen LogP contribution is 2.45. The molecule has 3 aromatic rings. The van der Waals surface area contributed by atoms with Crippen molar-refractivity contribution >= 4 is 56.3 Å². The quantitative estimate of drug-likeness (QED) is 0.445. The topological polar surface area (TPSA) is 92.5 Å². The van der Waals surface area contributed by atoms with Crippen LogP contribution >= 0.6 is 23.2 Å². The molecule has 2 amide bonds. The zero-order valence-corrected chi connectivity index (χ0v) is 18.2. The predicted octanol–water partition coefficient (Wildman–Crippen LogP) is 6.03. The summed E-state index contributed by atoms with van der Waals surface area (Å²) < 4.78 is 69.0. The number of hydrogen-bond acceptors (Lipinski definition) is 3. The number of anilines is 3. The first kappa shape index (κ1) is 23.7. The third-order valence-electron chi connectivity index (χ3n) is 4.27. The largest absolute Gasteiger partial charge is 0.418 e. The molecule has 0 radical (unpaired) electrons. The van der Waals surface area contributed by atoms with E-state index in [9.17, 15) is 26.4 Å². The highest BCUT2D eigenvalue weighted by molar-refractivity contribution is 7.92. The number of sulfonamides is 1. The molecular weight excluding hydrogens is 490 g/mol. The van der Waals surface area contributed by atoms with Gasteiger partial charge in [-0.15, -0.1) is 0 Å². The zero-order valence-electron chi connectivity index (χ0n) is 15.9. The van der Waals surface area contributed by atoms with Gasteiger partial charge in [-0.3, -0.25) is 9.62 Å². The van der Waals surface area contributed by atoms with E-state index >= 15 is 0 Å². The fraction of sp³-hybridized carbons (Fsp3) is 0.0500. The maximum absolute atomic E-state index is 13.8. The maximum Gasteiger partial charge on any atom is 0.418 e. The van der Waals surface area contributed by atoms with Crippen LogP contribution in [0.1, 0.15) is 5.56 Å². The molecule has 0 aliphatic rings. The van der Waals surface area contributed by atoms with E-state index < -0.39 is 39.2 Å². The second-order valence-electron chi connectivity index (χ2n) is 6.36. The van der Waals surface area contributed by atoms with Gasteiger partial charge < -0.3 is 5.73 Å². The van der Waals surface area contributed by atoms with Crippen molar-refractivity contribution in [2.75, 3.05) is 9.62 Å². The minimum atomic E-state index is -4.97. The Morgan fingerprint density at radius 1 is 0.906 bits per heavy atom.